The molecule has 0 saturated carbocycles. The van der Waals surface area contributed by atoms with E-state index in [4.69, 9.17) is 0 Å². The van der Waals surface area contributed by atoms with Crippen LogP contribution < -0.4 is 5.32 Å². The zero-order valence-electron chi connectivity index (χ0n) is 11.0. The lowest BCUT2D eigenvalue weighted by molar-refractivity contribution is 0.464. The van der Waals surface area contributed by atoms with Gasteiger partial charge in [-0.1, -0.05) is 25.1 Å². The Kier molecular flexibility index (Phi) is 6.39. The van der Waals surface area contributed by atoms with Crippen molar-refractivity contribution in [2.45, 2.75) is 33.0 Å². The van der Waals surface area contributed by atoms with E-state index in [1.165, 1.54) is 5.56 Å². The second kappa shape index (κ2) is 7.81. The molecule has 5 heteroatoms. The fourth-order valence-corrected chi connectivity index (χ4v) is 1.85. The molecule has 1 heterocycles. The number of rotatable bonds is 6. The molecule has 0 amide bonds. The Morgan fingerprint density at radius 2 is 2.05 bits per heavy atom. The Hall–Kier alpha value is -1.52. The van der Waals surface area contributed by atoms with E-state index in [-0.39, 0.29) is 12.4 Å². The van der Waals surface area contributed by atoms with Gasteiger partial charge in [-0.2, -0.15) is 5.10 Å². The summed E-state index contributed by atoms with van der Waals surface area (Å²) in [5, 5.41) is 17.2. The average Bonchev–Trinajstić information content (AvgIpc) is 2.80. The molecule has 2 aromatic rings. The van der Waals surface area contributed by atoms with Crippen LogP contribution in [-0.2, 0) is 19.6 Å². The van der Waals surface area contributed by atoms with Crippen LogP contribution in [0.2, 0.25) is 0 Å². The molecular weight excluding hydrogens is 262 g/mol. The van der Waals surface area contributed by atoms with Crippen molar-refractivity contribution in [1.29, 1.82) is 0 Å². The molecule has 2 N–H and O–H groups in total. The SMILES string of the molecule is CCCn1cc(CNCc2ccccc2O)cn1.Cl. The van der Waals surface area contributed by atoms with Crippen molar-refractivity contribution in [3.8, 4) is 5.75 Å². The number of hydrogen-bond acceptors (Lipinski definition) is 3. The average molecular weight is 282 g/mol. The molecule has 1 aromatic heterocycles. The molecule has 0 aliphatic heterocycles. The number of nitrogens with zero attached hydrogens (tertiary/aromatic N) is 2. The number of para-hydroxylation sites is 1. The zero-order chi connectivity index (χ0) is 12.8. The Labute approximate surface area is 119 Å². The van der Waals surface area contributed by atoms with Gasteiger partial charge < -0.3 is 10.4 Å². The lowest BCUT2D eigenvalue weighted by Gasteiger charge is -2.05. The van der Waals surface area contributed by atoms with E-state index >= 15 is 0 Å². The first-order valence-electron chi connectivity index (χ1n) is 6.28. The van der Waals surface area contributed by atoms with Gasteiger partial charge in [0.15, 0.2) is 0 Å². The highest BCUT2D eigenvalue weighted by Crippen LogP contribution is 2.14. The molecule has 0 unspecified atom stereocenters. The summed E-state index contributed by atoms with van der Waals surface area (Å²) in [6.45, 7) is 4.51. The van der Waals surface area contributed by atoms with Crippen LogP contribution in [0.1, 0.15) is 24.5 Å². The van der Waals surface area contributed by atoms with Gasteiger partial charge in [-0.15, -0.1) is 12.4 Å². The van der Waals surface area contributed by atoms with E-state index in [0.29, 0.717) is 12.3 Å². The summed E-state index contributed by atoms with van der Waals surface area (Å²) in [5.41, 5.74) is 2.08. The molecule has 0 radical (unpaired) electrons. The molecule has 4 nitrogen and oxygen atoms in total. The lowest BCUT2D eigenvalue weighted by atomic mass is 10.2. The molecular formula is C14H20ClN3O. The number of benzene rings is 1. The first-order chi connectivity index (χ1) is 8.79. The van der Waals surface area contributed by atoms with Crippen LogP contribution in [0.3, 0.4) is 0 Å². The molecule has 0 aliphatic carbocycles. The van der Waals surface area contributed by atoms with Gasteiger partial charge in [0.2, 0.25) is 0 Å². The van der Waals surface area contributed by atoms with Crippen molar-refractivity contribution in [1.82, 2.24) is 15.1 Å². The summed E-state index contributed by atoms with van der Waals surface area (Å²) in [7, 11) is 0. The molecule has 0 saturated heterocycles. The molecule has 0 atom stereocenters. The number of phenols is 1. The smallest absolute Gasteiger partial charge is 0.120 e. The molecule has 2 rings (SSSR count). The van der Waals surface area contributed by atoms with Crippen molar-refractivity contribution in [3.63, 3.8) is 0 Å². The summed E-state index contributed by atoms with van der Waals surface area (Å²) >= 11 is 0. The van der Waals surface area contributed by atoms with Crippen LogP contribution in [-0.4, -0.2) is 14.9 Å². The number of hydrogen-bond donors (Lipinski definition) is 2. The maximum Gasteiger partial charge on any atom is 0.120 e. The topological polar surface area (TPSA) is 50.1 Å². The van der Waals surface area contributed by atoms with E-state index in [2.05, 4.69) is 23.5 Å². The highest BCUT2D eigenvalue weighted by atomic mass is 35.5. The van der Waals surface area contributed by atoms with E-state index in [1.54, 1.807) is 6.07 Å². The van der Waals surface area contributed by atoms with E-state index in [0.717, 1.165) is 25.1 Å². The fraction of sp³-hybridized carbons (Fsp3) is 0.357. The van der Waals surface area contributed by atoms with Crippen LogP contribution in [0.4, 0.5) is 0 Å². The van der Waals surface area contributed by atoms with Gasteiger partial charge in [-0.25, -0.2) is 0 Å². The van der Waals surface area contributed by atoms with Crippen LogP contribution in [0.5, 0.6) is 5.75 Å². The molecule has 19 heavy (non-hydrogen) atoms. The predicted octanol–water partition coefficient (Wildman–Crippen LogP) is 2.71. The van der Waals surface area contributed by atoms with Gasteiger partial charge in [0.05, 0.1) is 6.20 Å². The summed E-state index contributed by atoms with van der Waals surface area (Å²) in [6, 6.07) is 7.38. The number of aromatic nitrogens is 2. The van der Waals surface area contributed by atoms with E-state index in [1.807, 2.05) is 29.1 Å². The van der Waals surface area contributed by atoms with Crippen LogP contribution >= 0.6 is 12.4 Å². The largest absolute Gasteiger partial charge is 0.508 e. The predicted molar refractivity (Wildman–Crippen MR) is 78.4 cm³/mol. The Bertz CT molecular complexity index is 499. The normalized spacial score (nSPS) is 10.2. The number of nitrogens with one attached hydrogen (secondary N) is 1. The van der Waals surface area contributed by atoms with Gasteiger partial charge in [0.25, 0.3) is 0 Å². The highest BCUT2D eigenvalue weighted by molar-refractivity contribution is 5.85. The number of phenolic OH excluding ortho intramolecular Hbond substituents is 1. The van der Waals surface area contributed by atoms with Crippen LogP contribution in [0.25, 0.3) is 0 Å². The molecule has 0 bridgehead atoms. The van der Waals surface area contributed by atoms with Crippen molar-refractivity contribution in [2.24, 2.45) is 0 Å². The second-order valence-electron chi connectivity index (χ2n) is 4.34. The monoisotopic (exact) mass is 281 g/mol. The number of aromatic hydroxyl groups is 1. The molecule has 0 aliphatic rings. The Morgan fingerprint density at radius 1 is 1.26 bits per heavy atom. The van der Waals surface area contributed by atoms with Gasteiger partial charge in [-0.05, 0) is 12.5 Å². The summed E-state index contributed by atoms with van der Waals surface area (Å²) in [4.78, 5) is 0. The zero-order valence-corrected chi connectivity index (χ0v) is 11.9. The standard InChI is InChI=1S/C14H19N3O.ClH/c1-2-7-17-11-12(9-16-17)8-15-10-13-5-3-4-6-14(13)18;/h3-6,9,11,15,18H,2,7-8,10H2,1H3;1H. The molecule has 1 aromatic carbocycles. The highest BCUT2D eigenvalue weighted by Gasteiger charge is 2.00. The number of aryl methyl sites for hydroxylation is 1. The van der Waals surface area contributed by atoms with Gasteiger partial charge in [0.1, 0.15) is 5.75 Å². The third-order valence-corrected chi connectivity index (χ3v) is 2.78. The minimum absolute atomic E-state index is 0. The summed E-state index contributed by atoms with van der Waals surface area (Å²) < 4.78 is 1.96. The van der Waals surface area contributed by atoms with Gasteiger partial charge in [-0.3, -0.25) is 4.68 Å². The van der Waals surface area contributed by atoms with E-state index < -0.39 is 0 Å². The van der Waals surface area contributed by atoms with Crippen molar-refractivity contribution in [2.75, 3.05) is 0 Å². The third-order valence-electron chi connectivity index (χ3n) is 2.78. The van der Waals surface area contributed by atoms with Crippen molar-refractivity contribution >= 4 is 12.4 Å². The van der Waals surface area contributed by atoms with Crippen molar-refractivity contribution < 1.29 is 5.11 Å². The van der Waals surface area contributed by atoms with Crippen LogP contribution in [0, 0.1) is 0 Å². The molecule has 104 valence electrons. The lowest BCUT2D eigenvalue weighted by Crippen LogP contribution is -2.12. The molecule has 0 fully saturated rings. The third kappa shape index (κ3) is 4.58. The first-order valence-corrected chi connectivity index (χ1v) is 6.28. The van der Waals surface area contributed by atoms with E-state index in [9.17, 15) is 5.11 Å². The minimum Gasteiger partial charge on any atom is -0.508 e. The Morgan fingerprint density at radius 3 is 2.79 bits per heavy atom. The van der Waals surface area contributed by atoms with Crippen LogP contribution in [0.15, 0.2) is 36.7 Å². The maximum atomic E-state index is 9.63. The summed E-state index contributed by atoms with van der Waals surface area (Å²) in [6.07, 6.45) is 5.03. The Balaban J connectivity index is 0.00000180. The summed E-state index contributed by atoms with van der Waals surface area (Å²) in [5.74, 6) is 0.340. The fourth-order valence-electron chi connectivity index (χ4n) is 1.85. The minimum atomic E-state index is 0. The second-order valence-corrected chi connectivity index (χ2v) is 4.34. The van der Waals surface area contributed by atoms with Crippen molar-refractivity contribution in [3.05, 3.63) is 47.8 Å². The number of halogens is 1. The van der Waals surface area contributed by atoms with Gasteiger partial charge >= 0.3 is 0 Å². The molecule has 0 spiro atoms. The first kappa shape index (κ1) is 15.5. The maximum absolute atomic E-state index is 9.63. The quantitative estimate of drug-likeness (QED) is 0.856. The van der Waals surface area contributed by atoms with Gasteiger partial charge in [0, 0.05) is 37.0 Å².